The molecule has 4 unspecified atom stereocenters. The number of hydrogen-bond donors (Lipinski definition) is 2. The first kappa shape index (κ1) is 22.8. The lowest BCUT2D eigenvalue weighted by atomic mass is 9.79. The van der Waals surface area contributed by atoms with Gasteiger partial charge in [-0.2, -0.15) is 5.26 Å². The molecule has 1 saturated carbocycles. The summed E-state index contributed by atoms with van der Waals surface area (Å²) in [6.07, 6.45) is 2.48. The second-order valence-corrected chi connectivity index (χ2v) is 9.40. The highest BCUT2D eigenvalue weighted by Gasteiger charge is 2.48. The van der Waals surface area contributed by atoms with Crippen LogP contribution in [0.4, 0.5) is 0 Å². The maximum Gasteiger partial charge on any atom is 0.271 e. The maximum atomic E-state index is 13.3. The van der Waals surface area contributed by atoms with Crippen molar-refractivity contribution in [3.05, 3.63) is 30.0 Å². The number of likely N-dealkylation sites (tertiary alicyclic amines) is 1. The van der Waals surface area contributed by atoms with Crippen LogP contribution in [0.25, 0.3) is 10.9 Å². The van der Waals surface area contributed by atoms with Crippen molar-refractivity contribution in [1.29, 1.82) is 5.26 Å². The average molecular weight is 451 g/mol. The van der Waals surface area contributed by atoms with Crippen LogP contribution in [0.1, 0.15) is 50.0 Å². The van der Waals surface area contributed by atoms with Gasteiger partial charge < -0.3 is 19.9 Å². The average Bonchev–Trinajstić information content (AvgIpc) is 3.38. The second-order valence-electron chi connectivity index (χ2n) is 9.40. The van der Waals surface area contributed by atoms with Gasteiger partial charge in [-0.25, -0.2) is 0 Å². The maximum absolute atomic E-state index is 13.3. The Morgan fingerprint density at radius 1 is 1.36 bits per heavy atom. The predicted octanol–water partition coefficient (Wildman–Crippen LogP) is 3.04. The number of benzene rings is 1. The minimum atomic E-state index is -0.743. The molecule has 2 fully saturated rings. The molecule has 2 amide bonds. The van der Waals surface area contributed by atoms with Crippen LogP contribution in [0.15, 0.2) is 24.3 Å². The van der Waals surface area contributed by atoms with Crippen LogP contribution in [-0.2, 0) is 9.59 Å². The molecule has 0 radical (unpaired) electrons. The van der Waals surface area contributed by atoms with E-state index in [-0.39, 0.29) is 35.4 Å². The van der Waals surface area contributed by atoms with Crippen molar-refractivity contribution < 1.29 is 19.1 Å². The van der Waals surface area contributed by atoms with E-state index in [1.165, 1.54) is 0 Å². The normalized spacial score (nSPS) is 23.3. The van der Waals surface area contributed by atoms with Gasteiger partial charge in [0.15, 0.2) is 0 Å². The molecule has 1 aromatic heterocycles. The van der Waals surface area contributed by atoms with Crippen LogP contribution in [0.5, 0.6) is 5.75 Å². The number of rotatable bonds is 7. The quantitative estimate of drug-likeness (QED) is 0.673. The molecule has 2 aromatic rings. The number of H-pyrrole nitrogens is 1. The lowest BCUT2D eigenvalue weighted by molar-refractivity contribution is -0.135. The van der Waals surface area contributed by atoms with Crippen LogP contribution in [0.2, 0.25) is 0 Å². The first-order chi connectivity index (χ1) is 15.8. The van der Waals surface area contributed by atoms with E-state index >= 15 is 0 Å². The third-order valence-corrected chi connectivity index (χ3v) is 7.03. The Labute approximate surface area is 193 Å². The van der Waals surface area contributed by atoms with Gasteiger partial charge in [-0.05, 0) is 43.4 Å². The van der Waals surface area contributed by atoms with Crippen molar-refractivity contribution in [3.63, 3.8) is 0 Å². The SMILES string of the molecule is COc1cccc2[nH]c(C(=O)N3CC(C(C)C)C3C(=O)NC(C#N)CC3CCCC3=O)cc12. The Balaban J connectivity index is 1.51. The van der Waals surface area contributed by atoms with Crippen LogP contribution >= 0.6 is 0 Å². The van der Waals surface area contributed by atoms with Gasteiger partial charge in [0, 0.05) is 35.7 Å². The molecule has 0 spiro atoms. The zero-order valence-electron chi connectivity index (χ0n) is 19.3. The van der Waals surface area contributed by atoms with Crippen molar-refractivity contribution in [2.75, 3.05) is 13.7 Å². The largest absolute Gasteiger partial charge is 0.496 e. The fraction of sp³-hybridized carbons (Fsp3) is 0.520. The highest BCUT2D eigenvalue weighted by Crippen LogP contribution is 2.34. The summed E-state index contributed by atoms with van der Waals surface area (Å²) in [4.78, 5) is 43.2. The van der Waals surface area contributed by atoms with Crippen molar-refractivity contribution >= 4 is 28.5 Å². The Morgan fingerprint density at radius 2 is 2.15 bits per heavy atom. The summed E-state index contributed by atoms with van der Waals surface area (Å²) in [6.45, 7) is 4.53. The molecule has 174 valence electrons. The fourth-order valence-electron chi connectivity index (χ4n) is 5.05. The molecule has 1 saturated heterocycles. The number of nitrogens with one attached hydrogen (secondary N) is 2. The van der Waals surface area contributed by atoms with Crippen LogP contribution in [0, 0.1) is 29.1 Å². The molecule has 33 heavy (non-hydrogen) atoms. The molecule has 4 atom stereocenters. The number of Topliss-reactive ketones (excluding diaryl/α,β-unsaturated/α-hetero) is 1. The van der Waals surface area contributed by atoms with Gasteiger partial charge in [0.1, 0.15) is 29.3 Å². The molecule has 2 N–H and O–H groups in total. The molecule has 1 aromatic carbocycles. The van der Waals surface area contributed by atoms with E-state index in [4.69, 9.17) is 4.74 Å². The van der Waals surface area contributed by atoms with Crippen LogP contribution in [0.3, 0.4) is 0 Å². The molecule has 8 heteroatoms. The zero-order chi connectivity index (χ0) is 23.7. The summed E-state index contributed by atoms with van der Waals surface area (Å²) in [5.74, 6) is 0.267. The molecule has 2 heterocycles. The first-order valence-corrected chi connectivity index (χ1v) is 11.5. The number of amides is 2. The van der Waals surface area contributed by atoms with E-state index in [1.54, 1.807) is 18.1 Å². The van der Waals surface area contributed by atoms with Gasteiger partial charge in [-0.15, -0.1) is 0 Å². The molecule has 2 aliphatic rings. The van der Waals surface area contributed by atoms with Gasteiger partial charge in [0.25, 0.3) is 5.91 Å². The number of carbonyl (C=O) groups is 3. The van der Waals surface area contributed by atoms with Crippen molar-refractivity contribution in [3.8, 4) is 11.8 Å². The predicted molar refractivity (Wildman–Crippen MR) is 123 cm³/mol. The monoisotopic (exact) mass is 450 g/mol. The number of nitriles is 1. The number of aromatic nitrogens is 1. The van der Waals surface area contributed by atoms with E-state index in [0.29, 0.717) is 30.8 Å². The highest BCUT2D eigenvalue weighted by molar-refractivity contribution is 6.02. The molecule has 1 aliphatic carbocycles. The van der Waals surface area contributed by atoms with Gasteiger partial charge in [0.2, 0.25) is 5.91 Å². The number of hydrogen-bond acceptors (Lipinski definition) is 5. The van der Waals surface area contributed by atoms with Gasteiger partial charge in [0.05, 0.1) is 13.2 Å². The molecule has 4 rings (SSSR count). The number of methoxy groups -OCH3 is 1. The van der Waals surface area contributed by atoms with Crippen LogP contribution in [-0.4, -0.2) is 53.2 Å². The summed E-state index contributed by atoms with van der Waals surface area (Å²) in [7, 11) is 1.58. The Bertz CT molecular complexity index is 1120. The van der Waals surface area contributed by atoms with Gasteiger partial charge in [-0.3, -0.25) is 14.4 Å². The Kier molecular flexibility index (Phi) is 6.41. The first-order valence-electron chi connectivity index (χ1n) is 11.5. The topological polar surface area (TPSA) is 115 Å². The molecular formula is C25H30N4O4. The van der Waals surface area contributed by atoms with Gasteiger partial charge in [-0.1, -0.05) is 19.9 Å². The van der Waals surface area contributed by atoms with E-state index in [9.17, 15) is 19.6 Å². The Hall–Kier alpha value is -3.34. The standard InChI is InChI=1S/C25H30N4O4/c1-14(2)18-13-29(25(32)20-11-17-19(28-20)7-5-9-22(17)33-3)23(18)24(31)27-16(12-26)10-15-6-4-8-21(15)30/h5,7,9,11,14-16,18,23,28H,4,6,8,10,13H2,1-3H3,(H,27,31). The number of aromatic amines is 1. The lowest BCUT2D eigenvalue weighted by Crippen LogP contribution is -2.66. The molecule has 0 bridgehead atoms. The third-order valence-electron chi connectivity index (χ3n) is 7.03. The summed E-state index contributed by atoms with van der Waals surface area (Å²) in [6, 6.07) is 8.02. The zero-order valence-corrected chi connectivity index (χ0v) is 19.3. The fourth-order valence-corrected chi connectivity index (χ4v) is 5.05. The molecule has 8 nitrogen and oxygen atoms in total. The second kappa shape index (κ2) is 9.26. The number of ether oxygens (including phenoxy) is 1. The molecule has 1 aliphatic heterocycles. The number of nitrogens with zero attached hydrogens (tertiary/aromatic N) is 2. The minimum Gasteiger partial charge on any atom is -0.496 e. The smallest absolute Gasteiger partial charge is 0.271 e. The van der Waals surface area contributed by atoms with E-state index in [2.05, 4.69) is 16.4 Å². The van der Waals surface area contributed by atoms with E-state index in [1.807, 2.05) is 32.0 Å². The molecular weight excluding hydrogens is 420 g/mol. The van der Waals surface area contributed by atoms with Crippen molar-refractivity contribution in [1.82, 2.24) is 15.2 Å². The summed E-state index contributed by atoms with van der Waals surface area (Å²) in [5.41, 5.74) is 1.17. The number of carbonyl (C=O) groups excluding carboxylic acids is 3. The number of ketones is 1. The van der Waals surface area contributed by atoms with Crippen molar-refractivity contribution in [2.45, 2.75) is 51.6 Å². The summed E-state index contributed by atoms with van der Waals surface area (Å²) in [5, 5.41) is 13.2. The van der Waals surface area contributed by atoms with Crippen molar-refractivity contribution in [2.24, 2.45) is 17.8 Å². The summed E-state index contributed by atoms with van der Waals surface area (Å²) >= 11 is 0. The number of fused-ring (bicyclic) bond motifs is 1. The lowest BCUT2D eigenvalue weighted by Gasteiger charge is -2.48. The summed E-state index contributed by atoms with van der Waals surface area (Å²) < 4.78 is 5.38. The Morgan fingerprint density at radius 3 is 2.79 bits per heavy atom. The highest BCUT2D eigenvalue weighted by atomic mass is 16.5. The van der Waals surface area contributed by atoms with Crippen LogP contribution < -0.4 is 10.1 Å². The van der Waals surface area contributed by atoms with Gasteiger partial charge >= 0.3 is 0 Å². The third kappa shape index (κ3) is 4.32. The van der Waals surface area contributed by atoms with E-state index in [0.717, 1.165) is 23.7 Å². The van der Waals surface area contributed by atoms with E-state index < -0.39 is 12.1 Å². The minimum absolute atomic E-state index is 0.000296.